The summed E-state index contributed by atoms with van der Waals surface area (Å²) in [7, 11) is -3.80. The van der Waals surface area contributed by atoms with Crippen LogP contribution in [0.15, 0.2) is 23.1 Å². The predicted molar refractivity (Wildman–Crippen MR) is 62.4 cm³/mol. The Morgan fingerprint density at radius 3 is 2.76 bits per heavy atom. The minimum Gasteiger partial charge on any atom is -0.399 e. The SMILES string of the molecule is C[C@H](O)CNS(=O)(=O)c1ccc(N)cc1C#N. The first-order valence-corrected chi connectivity index (χ1v) is 6.32. The lowest BCUT2D eigenvalue weighted by Gasteiger charge is -2.09. The molecule has 1 rings (SSSR count). The predicted octanol–water partition coefficient (Wildman–Crippen LogP) is -0.200. The Bertz CT molecular complexity index is 546. The Kier molecular flexibility index (Phi) is 4.07. The van der Waals surface area contributed by atoms with Gasteiger partial charge in [0.15, 0.2) is 0 Å². The molecule has 0 aliphatic heterocycles. The normalized spacial score (nSPS) is 13.0. The van der Waals surface area contributed by atoms with Gasteiger partial charge in [0.05, 0.1) is 16.6 Å². The van der Waals surface area contributed by atoms with E-state index in [1.54, 1.807) is 6.07 Å². The first kappa shape index (κ1) is 13.4. The molecule has 0 aliphatic carbocycles. The van der Waals surface area contributed by atoms with E-state index in [0.717, 1.165) is 0 Å². The quantitative estimate of drug-likeness (QED) is 0.644. The number of nitrogen functional groups attached to an aromatic ring is 1. The van der Waals surface area contributed by atoms with Crippen LogP contribution in [-0.2, 0) is 10.0 Å². The van der Waals surface area contributed by atoms with Gasteiger partial charge in [0.1, 0.15) is 6.07 Å². The van der Waals surface area contributed by atoms with E-state index in [0.29, 0.717) is 5.69 Å². The molecule has 1 atom stereocenters. The highest BCUT2D eigenvalue weighted by Crippen LogP contribution is 2.17. The van der Waals surface area contributed by atoms with Gasteiger partial charge in [-0.1, -0.05) is 0 Å². The van der Waals surface area contributed by atoms with Crippen LogP contribution in [0.25, 0.3) is 0 Å². The summed E-state index contributed by atoms with van der Waals surface area (Å²) >= 11 is 0. The van der Waals surface area contributed by atoms with Gasteiger partial charge in [0.2, 0.25) is 10.0 Å². The molecule has 0 bridgehead atoms. The molecule has 0 spiro atoms. The number of aliphatic hydroxyl groups is 1. The summed E-state index contributed by atoms with van der Waals surface area (Å²) in [6.07, 6.45) is -0.802. The third-order valence-electron chi connectivity index (χ3n) is 1.98. The molecule has 92 valence electrons. The molecule has 6 nitrogen and oxygen atoms in total. The Morgan fingerprint density at radius 2 is 2.24 bits per heavy atom. The molecule has 0 amide bonds. The number of hydrogen-bond donors (Lipinski definition) is 3. The van der Waals surface area contributed by atoms with E-state index in [2.05, 4.69) is 4.72 Å². The fourth-order valence-corrected chi connectivity index (χ4v) is 2.43. The van der Waals surface area contributed by atoms with Crippen molar-refractivity contribution in [3.8, 4) is 6.07 Å². The van der Waals surface area contributed by atoms with Gasteiger partial charge < -0.3 is 10.8 Å². The maximum atomic E-state index is 11.8. The molecule has 0 heterocycles. The summed E-state index contributed by atoms with van der Waals surface area (Å²) in [5.41, 5.74) is 5.75. The zero-order chi connectivity index (χ0) is 13.1. The van der Waals surface area contributed by atoms with Crippen molar-refractivity contribution in [2.75, 3.05) is 12.3 Å². The van der Waals surface area contributed by atoms with E-state index in [1.165, 1.54) is 25.1 Å². The summed E-state index contributed by atoms with van der Waals surface area (Å²) in [6.45, 7) is 1.34. The lowest BCUT2D eigenvalue weighted by Crippen LogP contribution is -2.31. The van der Waals surface area contributed by atoms with Crippen LogP contribution in [0.5, 0.6) is 0 Å². The van der Waals surface area contributed by atoms with E-state index in [1.807, 2.05) is 0 Å². The van der Waals surface area contributed by atoms with Crippen LogP contribution in [0.1, 0.15) is 12.5 Å². The van der Waals surface area contributed by atoms with Crippen LogP contribution in [0.2, 0.25) is 0 Å². The molecule has 17 heavy (non-hydrogen) atoms. The second kappa shape index (κ2) is 5.14. The summed E-state index contributed by atoms with van der Waals surface area (Å²) in [4.78, 5) is -0.144. The highest BCUT2D eigenvalue weighted by Gasteiger charge is 2.18. The maximum Gasteiger partial charge on any atom is 0.241 e. The smallest absolute Gasteiger partial charge is 0.241 e. The fourth-order valence-electron chi connectivity index (χ4n) is 1.18. The number of nitriles is 1. The van der Waals surface area contributed by atoms with Gasteiger partial charge >= 0.3 is 0 Å². The van der Waals surface area contributed by atoms with Crippen LogP contribution in [0, 0.1) is 11.3 Å². The van der Waals surface area contributed by atoms with Gasteiger partial charge in [-0.2, -0.15) is 5.26 Å². The van der Waals surface area contributed by atoms with Gasteiger partial charge in [0.25, 0.3) is 0 Å². The Morgan fingerprint density at radius 1 is 1.59 bits per heavy atom. The average molecular weight is 255 g/mol. The third-order valence-corrected chi connectivity index (χ3v) is 3.46. The van der Waals surface area contributed by atoms with Crippen LogP contribution >= 0.6 is 0 Å². The van der Waals surface area contributed by atoms with Crippen molar-refractivity contribution in [2.24, 2.45) is 0 Å². The highest BCUT2D eigenvalue weighted by molar-refractivity contribution is 7.89. The lowest BCUT2D eigenvalue weighted by atomic mass is 10.2. The number of nitrogens with zero attached hydrogens (tertiary/aromatic N) is 1. The zero-order valence-electron chi connectivity index (χ0n) is 9.21. The minimum atomic E-state index is -3.80. The molecule has 0 unspecified atom stereocenters. The highest BCUT2D eigenvalue weighted by atomic mass is 32.2. The largest absolute Gasteiger partial charge is 0.399 e. The molecule has 1 aromatic rings. The van der Waals surface area contributed by atoms with Crippen molar-refractivity contribution in [3.05, 3.63) is 23.8 Å². The van der Waals surface area contributed by atoms with Gasteiger partial charge in [-0.05, 0) is 25.1 Å². The number of aliphatic hydroxyl groups excluding tert-OH is 1. The lowest BCUT2D eigenvalue weighted by molar-refractivity contribution is 0.198. The van der Waals surface area contributed by atoms with Crippen molar-refractivity contribution in [3.63, 3.8) is 0 Å². The van der Waals surface area contributed by atoms with Crippen molar-refractivity contribution in [1.29, 1.82) is 5.26 Å². The van der Waals surface area contributed by atoms with Crippen molar-refractivity contribution in [1.82, 2.24) is 4.72 Å². The van der Waals surface area contributed by atoms with Crippen LogP contribution in [0.4, 0.5) is 5.69 Å². The molecular weight excluding hydrogens is 242 g/mol. The maximum absolute atomic E-state index is 11.8. The number of sulfonamides is 1. The van der Waals surface area contributed by atoms with E-state index in [-0.39, 0.29) is 17.0 Å². The van der Waals surface area contributed by atoms with Crippen molar-refractivity contribution in [2.45, 2.75) is 17.9 Å². The van der Waals surface area contributed by atoms with E-state index in [9.17, 15) is 8.42 Å². The Hall–Kier alpha value is -1.62. The summed E-state index contributed by atoms with van der Waals surface area (Å²) in [5.74, 6) is 0. The molecule has 1 aromatic carbocycles. The summed E-state index contributed by atoms with van der Waals surface area (Å²) in [5, 5.41) is 17.9. The molecule has 0 fully saturated rings. The molecule has 0 aliphatic rings. The second-order valence-corrected chi connectivity index (χ2v) is 5.30. The standard InChI is InChI=1S/C10H13N3O3S/c1-7(14)6-13-17(15,16)10-3-2-9(12)4-8(10)5-11/h2-4,7,13-14H,6,12H2,1H3/t7-/m0/s1. The molecule has 0 aromatic heterocycles. The van der Waals surface area contributed by atoms with Gasteiger partial charge in [-0.3, -0.25) is 0 Å². The van der Waals surface area contributed by atoms with E-state index < -0.39 is 16.1 Å². The van der Waals surface area contributed by atoms with Gasteiger partial charge in [-0.15, -0.1) is 0 Å². The molecule has 0 saturated carbocycles. The second-order valence-electron chi connectivity index (χ2n) is 3.57. The molecular formula is C10H13N3O3S. The first-order valence-electron chi connectivity index (χ1n) is 4.84. The number of anilines is 1. The minimum absolute atomic E-state index is 0.0249. The van der Waals surface area contributed by atoms with Crippen LogP contribution in [0.3, 0.4) is 0 Å². The van der Waals surface area contributed by atoms with Crippen LogP contribution in [-0.4, -0.2) is 26.2 Å². The number of rotatable bonds is 4. The number of nitrogens with two attached hydrogens (primary N) is 1. The number of hydrogen-bond acceptors (Lipinski definition) is 5. The fraction of sp³-hybridized carbons (Fsp3) is 0.300. The number of benzene rings is 1. The zero-order valence-corrected chi connectivity index (χ0v) is 10.0. The Balaban J connectivity index is 3.12. The summed E-state index contributed by atoms with van der Waals surface area (Å²) in [6, 6.07) is 5.72. The molecule has 7 heteroatoms. The monoisotopic (exact) mass is 255 g/mol. The first-order chi connectivity index (χ1) is 7.86. The molecule has 4 N–H and O–H groups in total. The topological polar surface area (TPSA) is 116 Å². The van der Waals surface area contributed by atoms with Gasteiger partial charge in [0, 0.05) is 12.2 Å². The Labute approximate surface area is 99.7 Å². The van der Waals surface area contributed by atoms with Gasteiger partial charge in [-0.25, -0.2) is 13.1 Å². The van der Waals surface area contributed by atoms with E-state index in [4.69, 9.17) is 16.1 Å². The number of nitrogens with one attached hydrogen (secondary N) is 1. The average Bonchev–Trinajstić information content (AvgIpc) is 2.26. The van der Waals surface area contributed by atoms with Crippen LogP contribution < -0.4 is 10.5 Å². The third kappa shape index (κ3) is 3.42. The van der Waals surface area contributed by atoms with E-state index >= 15 is 0 Å². The van der Waals surface area contributed by atoms with Crippen molar-refractivity contribution < 1.29 is 13.5 Å². The molecule has 0 saturated heterocycles. The van der Waals surface area contributed by atoms with Crippen molar-refractivity contribution >= 4 is 15.7 Å². The molecule has 0 radical (unpaired) electrons. The summed E-state index contributed by atoms with van der Waals surface area (Å²) < 4.78 is 25.8.